The SMILES string of the molecule is N#Cc1ccc(-c2ccccc2-c2ccc3cc(-c4cc5ccc6ccccc6c5c5ccccc45)ccc3c2)cc1. The number of fused-ring (bicyclic) bond motifs is 6. The van der Waals surface area contributed by atoms with Gasteiger partial charge in [0.15, 0.2) is 0 Å². The fourth-order valence-electron chi connectivity index (χ4n) is 6.41. The standard InChI is InChI=1S/C41H25N/c42-26-27-13-15-29(16-14-27)35-8-3-4-9-36(35)32-20-18-31-24-33(21-19-30(31)23-32)40-25-34-22-17-28-7-1-2-10-37(28)41(34)39-12-6-5-11-38(39)40/h1-25H. The Bertz CT molecular complexity index is 2350. The number of rotatable bonds is 3. The van der Waals surface area contributed by atoms with Crippen LogP contribution >= 0.6 is 0 Å². The number of nitrogens with zero attached hydrogens (tertiary/aromatic N) is 1. The Morgan fingerprint density at radius 1 is 0.357 bits per heavy atom. The molecule has 8 aromatic carbocycles. The highest BCUT2D eigenvalue weighted by molar-refractivity contribution is 6.23. The summed E-state index contributed by atoms with van der Waals surface area (Å²) < 4.78 is 0. The molecule has 42 heavy (non-hydrogen) atoms. The van der Waals surface area contributed by atoms with Gasteiger partial charge in [0.05, 0.1) is 11.6 Å². The van der Waals surface area contributed by atoms with Gasteiger partial charge in [0.1, 0.15) is 0 Å². The lowest BCUT2D eigenvalue weighted by molar-refractivity contribution is 1.48. The first-order valence-corrected chi connectivity index (χ1v) is 14.2. The monoisotopic (exact) mass is 531 g/mol. The molecule has 0 aromatic heterocycles. The zero-order valence-electron chi connectivity index (χ0n) is 22.9. The minimum atomic E-state index is 0.672. The van der Waals surface area contributed by atoms with Gasteiger partial charge >= 0.3 is 0 Å². The van der Waals surface area contributed by atoms with Crippen LogP contribution < -0.4 is 0 Å². The quantitative estimate of drug-likeness (QED) is 0.208. The van der Waals surface area contributed by atoms with Gasteiger partial charge in [-0.15, -0.1) is 0 Å². The normalized spacial score (nSPS) is 11.3. The fourth-order valence-corrected chi connectivity index (χ4v) is 6.41. The average Bonchev–Trinajstić information content (AvgIpc) is 3.07. The van der Waals surface area contributed by atoms with Crippen LogP contribution in [0.2, 0.25) is 0 Å². The lowest BCUT2D eigenvalue weighted by atomic mass is 9.89. The molecule has 1 nitrogen and oxygen atoms in total. The number of hydrogen-bond donors (Lipinski definition) is 0. The summed E-state index contributed by atoms with van der Waals surface area (Å²) in [5.74, 6) is 0. The van der Waals surface area contributed by atoms with E-state index >= 15 is 0 Å². The van der Waals surface area contributed by atoms with Crippen LogP contribution in [0.1, 0.15) is 5.56 Å². The molecule has 8 aromatic rings. The minimum absolute atomic E-state index is 0.672. The van der Waals surface area contributed by atoms with Crippen LogP contribution in [0, 0.1) is 11.3 Å². The smallest absolute Gasteiger partial charge is 0.0991 e. The summed E-state index contributed by atoms with van der Waals surface area (Å²) in [6.07, 6.45) is 0. The molecule has 0 unspecified atom stereocenters. The summed E-state index contributed by atoms with van der Waals surface area (Å²) in [5, 5.41) is 19.3. The van der Waals surface area contributed by atoms with Crippen molar-refractivity contribution in [2.45, 2.75) is 0 Å². The molecule has 1 heteroatoms. The maximum atomic E-state index is 9.21. The van der Waals surface area contributed by atoms with Crippen LogP contribution in [0.3, 0.4) is 0 Å². The van der Waals surface area contributed by atoms with Crippen molar-refractivity contribution in [1.29, 1.82) is 5.26 Å². The first-order chi connectivity index (χ1) is 20.8. The van der Waals surface area contributed by atoms with Crippen molar-refractivity contribution < 1.29 is 0 Å². The first-order valence-electron chi connectivity index (χ1n) is 14.2. The molecule has 0 amide bonds. The Kier molecular flexibility index (Phi) is 5.59. The summed E-state index contributed by atoms with van der Waals surface area (Å²) in [5.41, 5.74) is 7.78. The van der Waals surface area contributed by atoms with Gasteiger partial charge < -0.3 is 0 Å². The van der Waals surface area contributed by atoms with E-state index in [1.807, 2.05) is 24.3 Å². The van der Waals surface area contributed by atoms with E-state index in [4.69, 9.17) is 0 Å². The van der Waals surface area contributed by atoms with Gasteiger partial charge in [-0.3, -0.25) is 0 Å². The Hall–Kier alpha value is -5.71. The van der Waals surface area contributed by atoms with Crippen molar-refractivity contribution in [2.75, 3.05) is 0 Å². The molecule has 194 valence electrons. The van der Waals surface area contributed by atoms with Crippen molar-refractivity contribution in [1.82, 2.24) is 0 Å². The molecule has 8 rings (SSSR count). The van der Waals surface area contributed by atoms with Crippen LogP contribution in [0.5, 0.6) is 0 Å². The highest BCUT2D eigenvalue weighted by Crippen LogP contribution is 2.40. The van der Waals surface area contributed by atoms with Crippen molar-refractivity contribution in [3.8, 4) is 39.4 Å². The molecular weight excluding hydrogens is 506 g/mol. The Balaban J connectivity index is 1.26. The van der Waals surface area contributed by atoms with E-state index in [1.165, 1.54) is 65.3 Å². The Labute approximate surface area is 244 Å². The third-order valence-electron chi connectivity index (χ3n) is 8.46. The van der Waals surface area contributed by atoms with Gasteiger partial charge in [0, 0.05) is 0 Å². The van der Waals surface area contributed by atoms with Gasteiger partial charge in [-0.1, -0.05) is 121 Å². The van der Waals surface area contributed by atoms with Crippen molar-refractivity contribution in [3.05, 3.63) is 157 Å². The zero-order chi connectivity index (χ0) is 28.0. The summed E-state index contributed by atoms with van der Waals surface area (Å²) in [6.45, 7) is 0. The van der Waals surface area contributed by atoms with E-state index in [-0.39, 0.29) is 0 Å². The largest absolute Gasteiger partial charge is 0.192 e. The molecule has 0 radical (unpaired) electrons. The highest BCUT2D eigenvalue weighted by atomic mass is 14.2. The van der Waals surface area contributed by atoms with Gasteiger partial charge in [-0.2, -0.15) is 5.26 Å². The zero-order valence-corrected chi connectivity index (χ0v) is 22.9. The molecule has 0 aliphatic heterocycles. The van der Waals surface area contributed by atoms with Crippen molar-refractivity contribution in [2.24, 2.45) is 0 Å². The number of hydrogen-bond acceptors (Lipinski definition) is 1. The molecule has 0 saturated heterocycles. The van der Waals surface area contributed by atoms with Crippen molar-refractivity contribution in [3.63, 3.8) is 0 Å². The second kappa shape index (κ2) is 9.73. The second-order valence-electron chi connectivity index (χ2n) is 10.9. The molecule has 0 heterocycles. The molecule has 0 saturated carbocycles. The molecular formula is C41H25N. The maximum absolute atomic E-state index is 9.21. The topological polar surface area (TPSA) is 23.8 Å². The number of nitriles is 1. The first kappa shape index (κ1) is 24.1. The summed E-state index contributed by atoms with van der Waals surface area (Å²) in [4.78, 5) is 0. The third kappa shape index (κ3) is 3.93. The van der Waals surface area contributed by atoms with Crippen LogP contribution in [0.25, 0.3) is 76.5 Å². The van der Waals surface area contributed by atoms with E-state index in [2.05, 4.69) is 133 Å². The molecule has 0 fully saturated rings. The second-order valence-corrected chi connectivity index (χ2v) is 10.9. The van der Waals surface area contributed by atoms with Crippen LogP contribution in [0.4, 0.5) is 0 Å². The summed E-state index contributed by atoms with van der Waals surface area (Å²) in [7, 11) is 0. The fraction of sp³-hybridized carbons (Fsp3) is 0. The predicted octanol–water partition coefficient (Wildman–Crippen LogP) is 11.2. The van der Waals surface area contributed by atoms with Crippen LogP contribution in [-0.4, -0.2) is 0 Å². The minimum Gasteiger partial charge on any atom is -0.192 e. The van der Waals surface area contributed by atoms with E-state index < -0.39 is 0 Å². The van der Waals surface area contributed by atoms with E-state index in [0.717, 1.165) is 11.1 Å². The van der Waals surface area contributed by atoms with Gasteiger partial charge in [0.25, 0.3) is 0 Å². The van der Waals surface area contributed by atoms with Gasteiger partial charge in [0.2, 0.25) is 0 Å². The lowest BCUT2D eigenvalue weighted by Crippen LogP contribution is -1.88. The summed E-state index contributed by atoms with van der Waals surface area (Å²) >= 11 is 0. The molecule has 0 aliphatic rings. The third-order valence-corrected chi connectivity index (χ3v) is 8.46. The van der Waals surface area contributed by atoms with E-state index in [9.17, 15) is 5.26 Å². The molecule has 0 atom stereocenters. The Morgan fingerprint density at radius 2 is 0.881 bits per heavy atom. The lowest BCUT2D eigenvalue weighted by Gasteiger charge is -2.14. The predicted molar refractivity (Wildman–Crippen MR) is 177 cm³/mol. The van der Waals surface area contributed by atoms with Gasteiger partial charge in [-0.05, 0) is 107 Å². The molecule has 0 bridgehead atoms. The number of benzene rings is 8. The molecule has 0 spiro atoms. The summed E-state index contributed by atoms with van der Waals surface area (Å²) in [6, 6.07) is 56.4. The van der Waals surface area contributed by atoms with Crippen LogP contribution in [0.15, 0.2) is 152 Å². The molecule has 0 aliphatic carbocycles. The maximum Gasteiger partial charge on any atom is 0.0991 e. The average molecular weight is 532 g/mol. The van der Waals surface area contributed by atoms with Crippen molar-refractivity contribution >= 4 is 43.1 Å². The Morgan fingerprint density at radius 3 is 1.60 bits per heavy atom. The van der Waals surface area contributed by atoms with Crippen LogP contribution in [-0.2, 0) is 0 Å². The van der Waals surface area contributed by atoms with E-state index in [0.29, 0.717) is 5.56 Å². The van der Waals surface area contributed by atoms with E-state index in [1.54, 1.807) is 0 Å². The highest BCUT2D eigenvalue weighted by Gasteiger charge is 2.13. The van der Waals surface area contributed by atoms with Gasteiger partial charge in [-0.25, -0.2) is 0 Å². The molecule has 0 N–H and O–H groups in total.